The fraction of sp³-hybridized carbons (Fsp3) is 1.00. The normalized spacial score (nSPS) is 48.2. The Morgan fingerprint density at radius 3 is 2.67 bits per heavy atom. The Labute approximate surface area is 71.4 Å². The van der Waals surface area contributed by atoms with Gasteiger partial charge in [0.05, 0.1) is 24.9 Å². The molecule has 0 aromatic carbocycles. The molecule has 2 aliphatic rings. The smallest absolute Gasteiger partial charge is 0.0991 e. The molecule has 0 radical (unpaired) electrons. The van der Waals surface area contributed by atoms with Gasteiger partial charge in [0.25, 0.3) is 0 Å². The van der Waals surface area contributed by atoms with Crippen LogP contribution in [0.3, 0.4) is 0 Å². The number of aliphatic hydroxyl groups is 3. The van der Waals surface area contributed by atoms with Crippen molar-refractivity contribution in [1.82, 2.24) is 4.90 Å². The molecule has 0 aromatic rings. The van der Waals surface area contributed by atoms with Crippen molar-refractivity contribution < 1.29 is 15.3 Å². The summed E-state index contributed by atoms with van der Waals surface area (Å²) in [6, 6.07) is -0.162. The van der Waals surface area contributed by atoms with Crippen molar-refractivity contribution in [3.05, 3.63) is 0 Å². The van der Waals surface area contributed by atoms with Crippen molar-refractivity contribution in [2.45, 2.75) is 37.1 Å². The molecule has 0 saturated carbocycles. The third kappa shape index (κ3) is 0.992. The van der Waals surface area contributed by atoms with Gasteiger partial charge in [-0.05, 0) is 19.4 Å². The van der Waals surface area contributed by atoms with E-state index in [1.165, 1.54) is 0 Å². The standard InChI is InChI=1S/C8H15NO3/c10-4-6-8(12)7(11)5-2-1-3-9(5)6/h5-8,10-12H,1-4H2/t5-,6+,7-,8-/m0/s1. The third-order valence-electron chi connectivity index (χ3n) is 3.09. The van der Waals surface area contributed by atoms with Crippen LogP contribution in [0.5, 0.6) is 0 Å². The van der Waals surface area contributed by atoms with Gasteiger partial charge < -0.3 is 15.3 Å². The van der Waals surface area contributed by atoms with Crippen LogP contribution in [0, 0.1) is 0 Å². The summed E-state index contributed by atoms with van der Waals surface area (Å²) in [7, 11) is 0. The van der Waals surface area contributed by atoms with Crippen LogP contribution < -0.4 is 0 Å². The Kier molecular flexibility index (Phi) is 2.08. The molecule has 4 atom stereocenters. The molecule has 0 unspecified atom stereocenters. The Morgan fingerprint density at radius 1 is 1.25 bits per heavy atom. The molecule has 2 aliphatic heterocycles. The van der Waals surface area contributed by atoms with Gasteiger partial charge in [0.2, 0.25) is 0 Å². The molecule has 3 N–H and O–H groups in total. The molecular formula is C8H15NO3. The second-order valence-corrected chi connectivity index (χ2v) is 3.68. The van der Waals surface area contributed by atoms with Gasteiger partial charge in [0.1, 0.15) is 0 Å². The Hall–Kier alpha value is -0.160. The van der Waals surface area contributed by atoms with Crippen molar-refractivity contribution in [3.8, 4) is 0 Å². The maximum Gasteiger partial charge on any atom is 0.0991 e. The van der Waals surface area contributed by atoms with Crippen LogP contribution in [-0.4, -0.2) is 57.7 Å². The molecule has 2 fully saturated rings. The number of aliphatic hydroxyl groups excluding tert-OH is 3. The van der Waals surface area contributed by atoms with Crippen molar-refractivity contribution in [2.75, 3.05) is 13.2 Å². The summed E-state index contributed by atoms with van der Waals surface area (Å²) in [5.41, 5.74) is 0. The molecule has 0 aromatic heterocycles. The maximum absolute atomic E-state index is 9.57. The first-order valence-corrected chi connectivity index (χ1v) is 4.48. The van der Waals surface area contributed by atoms with Crippen LogP contribution in [0.1, 0.15) is 12.8 Å². The monoisotopic (exact) mass is 173 g/mol. The lowest BCUT2D eigenvalue weighted by Gasteiger charge is -2.21. The molecule has 2 heterocycles. The van der Waals surface area contributed by atoms with Crippen molar-refractivity contribution in [1.29, 1.82) is 0 Å². The minimum atomic E-state index is -0.764. The highest BCUT2D eigenvalue weighted by Gasteiger charge is 2.48. The Morgan fingerprint density at radius 2 is 2.00 bits per heavy atom. The van der Waals surface area contributed by atoms with Gasteiger partial charge in [-0.2, -0.15) is 0 Å². The molecular weight excluding hydrogens is 158 g/mol. The van der Waals surface area contributed by atoms with Gasteiger partial charge in [-0.3, -0.25) is 4.90 Å². The molecule has 2 rings (SSSR count). The van der Waals surface area contributed by atoms with Crippen LogP contribution in [0.25, 0.3) is 0 Å². The minimum Gasteiger partial charge on any atom is -0.395 e. The van der Waals surface area contributed by atoms with Crippen molar-refractivity contribution in [2.24, 2.45) is 0 Å². The van der Waals surface area contributed by atoms with Gasteiger partial charge >= 0.3 is 0 Å². The molecule has 0 amide bonds. The van der Waals surface area contributed by atoms with Crippen LogP contribution in [0.4, 0.5) is 0 Å². The van der Waals surface area contributed by atoms with Gasteiger partial charge in [-0.25, -0.2) is 0 Å². The van der Waals surface area contributed by atoms with E-state index >= 15 is 0 Å². The maximum atomic E-state index is 9.57. The third-order valence-corrected chi connectivity index (χ3v) is 3.09. The topological polar surface area (TPSA) is 63.9 Å². The van der Waals surface area contributed by atoms with Crippen LogP contribution >= 0.6 is 0 Å². The van der Waals surface area contributed by atoms with E-state index in [4.69, 9.17) is 5.11 Å². The quantitative estimate of drug-likeness (QED) is 0.454. The number of hydrogen-bond donors (Lipinski definition) is 3. The highest BCUT2D eigenvalue weighted by atomic mass is 16.3. The highest BCUT2D eigenvalue weighted by Crippen LogP contribution is 2.32. The average Bonchev–Trinajstić information content (AvgIpc) is 2.59. The minimum absolute atomic E-state index is 0.0608. The van der Waals surface area contributed by atoms with E-state index in [0.717, 1.165) is 19.4 Å². The zero-order valence-corrected chi connectivity index (χ0v) is 6.93. The van der Waals surface area contributed by atoms with Gasteiger partial charge in [0, 0.05) is 6.04 Å². The number of fused-ring (bicyclic) bond motifs is 1. The fourth-order valence-corrected chi connectivity index (χ4v) is 2.46. The molecule has 0 bridgehead atoms. The molecule has 12 heavy (non-hydrogen) atoms. The number of nitrogens with zero attached hydrogens (tertiary/aromatic N) is 1. The molecule has 4 nitrogen and oxygen atoms in total. The summed E-state index contributed by atoms with van der Waals surface area (Å²) in [6.07, 6.45) is 0.574. The largest absolute Gasteiger partial charge is 0.395 e. The summed E-state index contributed by atoms with van der Waals surface area (Å²) in [5, 5.41) is 28.1. The number of hydrogen-bond acceptors (Lipinski definition) is 4. The van der Waals surface area contributed by atoms with E-state index in [2.05, 4.69) is 0 Å². The van der Waals surface area contributed by atoms with E-state index in [1.54, 1.807) is 0 Å². The van der Waals surface area contributed by atoms with Crippen molar-refractivity contribution >= 4 is 0 Å². The van der Waals surface area contributed by atoms with E-state index in [1.807, 2.05) is 4.90 Å². The fourth-order valence-electron chi connectivity index (χ4n) is 2.46. The summed E-state index contributed by atoms with van der Waals surface area (Å²) >= 11 is 0. The van der Waals surface area contributed by atoms with Gasteiger partial charge in [-0.15, -0.1) is 0 Å². The average molecular weight is 173 g/mol. The van der Waals surface area contributed by atoms with Crippen molar-refractivity contribution in [3.63, 3.8) is 0 Å². The zero-order valence-electron chi connectivity index (χ0n) is 6.93. The first-order valence-electron chi connectivity index (χ1n) is 4.48. The predicted octanol–water partition coefficient (Wildman–Crippen LogP) is -1.45. The predicted molar refractivity (Wildman–Crippen MR) is 42.6 cm³/mol. The summed E-state index contributed by atoms with van der Waals surface area (Å²) < 4.78 is 0. The Bertz CT molecular complexity index is 174. The summed E-state index contributed by atoms with van der Waals surface area (Å²) in [5.74, 6) is 0. The first kappa shape index (κ1) is 8.44. The summed E-state index contributed by atoms with van der Waals surface area (Å²) in [4.78, 5) is 2.02. The summed E-state index contributed by atoms with van der Waals surface area (Å²) in [6.45, 7) is 0.832. The first-order chi connectivity index (χ1) is 5.75. The van der Waals surface area contributed by atoms with Crippen LogP contribution in [-0.2, 0) is 0 Å². The molecule has 2 saturated heterocycles. The van der Waals surface area contributed by atoms with Crippen LogP contribution in [0.2, 0.25) is 0 Å². The molecule has 4 heteroatoms. The van der Waals surface area contributed by atoms with E-state index in [-0.39, 0.29) is 18.7 Å². The van der Waals surface area contributed by atoms with E-state index in [0.29, 0.717) is 0 Å². The lowest BCUT2D eigenvalue weighted by Crippen LogP contribution is -2.38. The lowest BCUT2D eigenvalue weighted by atomic mass is 10.1. The molecule has 0 aliphatic carbocycles. The van der Waals surface area contributed by atoms with E-state index in [9.17, 15) is 10.2 Å². The van der Waals surface area contributed by atoms with Gasteiger partial charge in [-0.1, -0.05) is 0 Å². The highest BCUT2D eigenvalue weighted by molar-refractivity contribution is 5.03. The zero-order chi connectivity index (χ0) is 8.72. The second kappa shape index (κ2) is 2.96. The Balaban J connectivity index is 2.15. The lowest BCUT2D eigenvalue weighted by molar-refractivity contribution is 0.0154. The van der Waals surface area contributed by atoms with E-state index < -0.39 is 12.2 Å². The molecule has 70 valence electrons. The second-order valence-electron chi connectivity index (χ2n) is 3.68. The molecule has 0 spiro atoms. The SMILES string of the molecule is OC[C@@H]1[C@H](O)[C@@H](O)[C@@H]2CCCN12. The number of rotatable bonds is 1. The van der Waals surface area contributed by atoms with Gasteiger partial charge in [0.15, 0.2) is 0 Å². The van der Waals surface area contributed by atoms with Crippen LogP contribution in [0.15, 0.2) is 0 Å².